The molecule has 1 heterocycles. The maximum atomic E-state index is 12.1. The van der Waals surface area contributed by atoms with Gasteiger partial charge in [0.25, 0.3) is 5.91 Å². The van der Waals surface area contributed by atoms with Gasteiger partial charge in [-0.2, -0.15) is 5.10 Å². The molecule has 1 amide bonds. The highest BCUT2D eigenvalue weighted by Crippen LogP contribution is 2.16. The van der Waals surface area contributed by atoms with Gasteiger partial charge in [-0.3, -0.25) is 4.79 Å². The van der Waals surface area contributed by atoms with E-state index in [1.165, 1.54) is 6.21 Å². The van der Waals surface area contributed by atoms with E-state index in [-0.39, 0.29) is 5.91 Å². The lowest BCUT2D eigenvalue weighted by Crippen LogP contribution is -2.17. The first kappa shape index (κ1) is 14.8. The minimum Gasteiger partial charge on any atom is -0.440 e. The van der Waals surface area contributed by atoms with Crippen molar-refractivity contribution in [1.82, 2.24) is 5.43 Å². The van der Waals surface area contributed by atoms with Crippen LogP contribution < -0.4 is 10.3 Å². The van der Waals surface area contributed by atoms with Crippen molar-refractivity contribution in [3.8, 4) is 0 Å². The number of amides is 1. The molecule has 0 saturated heterocycles. The number of hydrogen-bond donors (Lipinski definition) is 1. The normalized spacial score (nSPS) is 11.0. The van der Waals surface area contributed by atoms with Crippen LogP contribution in [-0.4, -0.2) is 26.2 Å². The van der Waals surface area contributed by atoms with Crippen LogP contribution in [-0.2, 0) is 0 Å². The van der Waals surface area contributed by atoms with E-state index in [4.69, 9.17) is 4.42 Å². The Bertz CT molecular complexity index is 865. The number of nitrogens with zero attached hydrogens (tertiary/aromatic N) is 2. The number of anilines is 1. The fourth-order valence-corrected chi connectivity index (χ4v) is 2.20. The molecule has 0 spiro atoms. The first-order chi connectivity index (χ1) is 11.1. The molecule has 0 radical (unpaired) electrons. The van der Waals surface area contributed by atoms with Gasteiger partial charge < -0.3 is 9.32 Å². The summed E-state index contributed by atoms with van der Waals surface area (Å²) in [5.74, 6) is 1.05. The van der Waals surface area contributed by atoms with Crippen LogP contribution in [0.1, 0.15) is 16.1 Å². The van der Waals surface area contributed by atoms with Crippen LogP contribution in [0.25, 0.3) is 10.8 Å². The molecule has 0 bridgehead atoms. The molecule has 0 aliphatic rings. The van der Waals surface area contributed by atoms with E-state index in [2.05, 4.69) is 10.5 Å². The Morgan fingerprint density at radius 2 is 1.87 bits per heavy atom. The summed E-state index contributed by atoms with van der Waals surface area (Å²) in [6.45, 7) is 0. The van der Waals surface area contributed by atoms with Crippen molar-refractivity contribution in [2.75, 3.05) is 19.0 Å². The Hall–Kier alpha value is -3.08. The number of furan rings is 1. The maximum Gasteiger partial charge on any atom is 0.271 e. The summed E-state index contributed by atoms with van der Waals surface area (Å²) in [5.41, 5.74) is 3.07. The third kappa shape index (κ3) is 3.40. The van der Waals surface area contributed by atoms with Crippen LogP contribution in [0.5, 0.6) is 0 Å². The van der Waals surface area contributed by atoms with Gasteiger partial charge in [0.2, 0.25) is 0 Å². The summed E-state index contributed by atoms with van der Waals surface area (Å²) in [5, 5.41) is 6.05. The molecule has 1 N–H and O–H groups in total. The second kappa shape index (κ2) is 6.36. The van der Waals surface area contributed by atoms with E-state index in [1.807, 2.05) is 61.5 Å². The van der Waals surface area contributed by atoms with Gasteiger partial charge in [0.1, 0.15) is 5.76 Å². The molecule has 0 fully saturated rings. The fraction of sp³-hybridized carbons (Fsp3) is 0.111. The zero-order chi connectivity index (χ0) is 16.2. The Morgan fingerprint density at radius 1 is 1.09 bits per heavy atom. The number of carbonyl (C=O) groups excluding carboxylic acids is 1. The summed E-state index contributed by atoms with van der Waals surface area (Å²) in [6, 6.07) is 17.1. The molecule has 0 atom stereocenters. The highest BCUT2D eigenvalue weighted by molar-refractivity contribution is 5.98. The quantitative estimate of drug-likeness (QED) is 0.594. The average Bonchev–Trinajstić information content (AvgIpc) is 3.03. The van der Waals surface area contributed by atoms with Crippen molar-refractivity contribution < 1.29 is 9.21 Å². The van der Waals surface area contributed by atoms with E-state index in [1.54, 1.807) is 12.1 Å². The number of hydrogen-bond acceptors (Lipinski definition) is 4. The Morgan fingerprint density at radius 3 is 2.61 bits per heavy atom. The first-order valence-electron chi connectivity index (χ1n) is 7.23. The van der Waals surface area contributed by atoms with Crippen LogP contribution >= 0.6 is 0 Å². The van der Waals surface area contributed by atoms with Gasteiger partial charge in [0.15, 0.2) is 5.88 Å². The number of benzene rings is 2. The monoisotopic (exact) mass is 307 g/mol. The second-order valence-corrected chi connectivity index (χ2v) is 5.33. The molecule has 116 valence electrons. The smallest absolute Gasteiger partial charge is 0.271 e. The number of carbonyl (C=O) groups is 1. The lowest BCUT2D eigenvalue weighted by Gasteiger charge is -2.05. The van der Waals surface area contributed by atoms with Crippen LogP contribution in [0.4, 0.5) is 5.88 Å². The zero-order valence-corrected chi connectivity index (χ0v) is 13.0. The van der Waals surface area contributed by atoms with Crippen molar-refractivity contribution >= 4 is 28.8 Å². The van der Waals surface area contributed by atoms with Crippen molar-refractivity contribution in [3.63, 3.8) is 0 Å². The molecule has 23 heavy (non-hydrogen) atoms. The predicted molar refractivity (Wildman–Crippen MR) is 92.0 cm³/mol. The van der Waals surface area contributed by atoms with Gasteiger partial charge in [-0.1, -0.05) is 30.3 Å². The van der Waals surface area contributed by atoms with E-state index in [9.17, 15) is 4.79 Å². The standard InChI is InChI=1S/C18H17N3O2/c1-21(2)17-10-9-16(23-17)12-19-20-18(22)15-8-7-13-5-3-4-6-14(13)11-15/h3-12H,1-2H3,(H,20,22)/b19-12-. The number of hydrazone groups is 1. The summed E-state index contributed by atoms with van der Waals surface area (Å²) in [4.78, 5) is 14.0. The van der Waals surface area contributed by atoms with E-state index in [0.29, 0.717) is 11.3 Å². The fourth-order valence-electron chi connectivity index (χ4n) is 2.20. The Labute approximate surface area is 134 Å². The topological polar surface area (TPSA) is 57.8 Å². The van der Waals surface area contributed by atoms with Crippen molar-refractivity contribution in [1.29, 1.82) is 0 Å². The highest BCUT2D eigenvalue weighted by Gasteiger charge is 2.05. The van der Waals surface area contributed by atoms with Gasteiger partial charge in [0, 0.05) is 25.7 Å². The minimum atomic E-state index is -0.258. The van der Waals surface area contributed by atoms with Gasteiger partial charge in [-0.15, -0.1) is 0 Å². The maximum absolute atomic E-state index is 12.1. The van der Waals surface area contributed by atoms with Gasteiger partial charge >= 0.3 is 0 Å². The van der Waals surface area contributed by atoms with Crippen molar-refractivity contribution in [2.45, 2.75) is 0 Å². The third-order valence-corrected chi connectivity index (χ3v) is 3.42. The van der Waals surface area contributed by atoms with Crippen LogP contribution in [0.2, 0.25) is 0 Å². The van der Waals surface area contributed by atoms with Gasteiger partial charge in [-0.05, 0) is 29.0 Å². The largest absolute Gasteiger partial charge is 0.440 e. The molecule has 0 unspecified atom stereocenters. The summed E-state index contributed by atoms with van der Waals surface area (Å²) >= 11 is 0. The molecular formula is C18H17N3O2. The molecule has 5 nitrogen and oxygen atoms in total. The van der Waals surface area contributed by atoms with Crippen LogP contribution in [0, 0.1) is 0 Å². The molecule has 0 aliphatic heterocycles. The highest BCUT2D eigenvalue weighted by atomic mass is 16.4. The molecular weight excluding hydrogens is 290 g/mol. The molecule has 0 aliphatic carbocycles. The number of nitrogens with one attached hydrogen (secondary N) is 1. The third-order valence-electron chi connectivity index (χ3n) is 3.42. The van der Waals surface area contributed by atoms with Gasteiger partial charge in [-0.25, -0.2) is 5.43 Å². The molecule has 2 aromatic carbocycles. The molecule has 3 aromatic rings. The second-order valence-electron chi connectivity index (χ2n) is 5.33. The van der Waals surface area contributed by atoms with Crippen LogP contribution in [0.15, 0.2) is 64.1 Å². The lowest BCUT2D eigenvalue weighted by molar-refractivity contribution is 0.0955. The molecule has 3 rings (SSSR count). The lowest BCUT2D eigenvalue weighted by atomic mass is 10.1. The zero-order valence-electron chi connectivity index (χ0n) is 13.0. The number of fused-ring (bicyclic) bond motifs is 1. The minimum absolute atomic E-state index is 0.258. The van der Waals surface area contributed by atoms with E-state index >= 15 is 0 Å². The Kier molecular flexibility index (Phi) is 4.10. The molecule has 1 aromatic heterocycles. The van der Waals surface area contributed by atoms with Crippen molar-refractivity contribution in [3.05, 3.63) is 65.9 Å². The van der Waals surface area contributed by atoms with Crippen molar-refractivity contribution in [2.24, 2.45) is 5.10 Å². The SMILES string of the molecule is CN(C)c1ccc(/C=N\NC(=O)c2ccc3ccccc3c2)o1. The molecule has 5 heteroatoms. The Balaban J connectivity index is 1.68. The van der Waals surface area contributed by atoms with E-state index in [0.717, 1.165) is 16.7 Å². The number of rotatable bonds is 4. The average molecular weight is 307 g/mol. The summed E-state index contributed by atoms with van der Waals surface area (Å²) in [6.07, 6.45) is 1.48. The predicted octanol–water partition coefficient (Wildman–Crippen LogP) is 3.26. The van der Waals surface area contributed by atoms with Gasteiger partial charge in [0.05, 0.1) is 6.21 Å². The molecule has 0 saturated carbocycles. The van der Waals surface area contributed by atoms with E-state index < -0.39 is 0 Å². The first-order valence-corrected chi connectivity index (χ1v) is 7.23. The van der Waals surface area contributed by atoms with Crippen LogP contribution in [0.3, 0.4) is 0 Å². The summed E-state index contributed by atoms with van der Waals surface area (Å²) < 4.78 is 5.52. The summed E-state index contributed by atoms with van der Waals surface area (Å²) in [7, 11) is 3.78.